The van der Waals surface area contributed by atoms with Crippen LogP contribution in [-0.4, -0.2) is 17.4 Å². The van der Waals surface area contributed by atoms with E-state index in [4.69, 9.17) is 16.9 Å². The van der Waals surface area contributed by atoms with E-state index in [-0.39, 0.29) is 22.0 Å². The van der Waals surface area contributed by atoms with Gasteiger partial charge in [0.2, 0.25) is 0 Å². The van der Waals surface area contributed by atoms with Gasteiger partial charge in [-0.3, -0.25) is 14.9 Å². The molecule has 0 unspecified atom stereocenters. The van der Waals surface area contributed by atoms with E-state index in [1.54, 1.807) is 6.07 Å². The quantitative estimate of drug-likeness (QED) is 0.217. The first-order valence-corrected chi connectivity index (χ1v) is 8.91. The number of nitrogens with zero attached hydrogens (tertiary/aromatic N) is 2. The highest BCUT2D eigenvalue weighted by atomic mass is 79.9. The Bertz CT molecular complexity index is 923. The average Bonchev–Trinajstić information content (AvgIpc) is 2.64. The largest absolute Gasteiger partial charge is 0.389 e. The first kappa shape index (κ1) is 20.4. The molecule has 138 valence electrons. The van der Waals surface area contributed by atoms with Crippen LogP contribution in [0.3, 0.4) is 0 Å². The van der Waals surface area contributed by atoms with Crippen molar-refractivity contribution in [2.24, 2.45) is 0 Å². The Labute approximate surface area is 168 Å². The van der Waals surface area contributed by atoms with Gasteiger partial charge in [0.05, 0.1) is 15.6 Å². The van der Waals surface area contributed by atoms with E-state index < -0.39 is 10.8 Å². The van der Waals surface area contributed by atoms with Gasteiger partial charge in [-0.1, -0.05) is 39.7 Å². The number of hydrogen-bond acceptors (Lipinski definition) is 5. The van der Waals surface area contributed by atoms with Crippen molar-refractivity contribution in [3.8, 4) is 6.07 Å². The van der Waals surface area contributed by atoms with Gasteiger partial charge in [-0.25, -0.2) is 0 Å². The van der Waals surface area contributed by atoms with Crippen molar-refractivity contribution in [1.29, 1.82) is 5.26 Å². The van der Waals surface area contributed by atoms with Crippen molar-refractivity contribution < 1.29 is 9.72 Å². The molecule has 0 atom stereocenters. The molecule has 1 amide bonds. The zero-order chi connectivity index (χ0) is 19.8. The van der Waals surface area contributed by atoms with Crippen LogP contribution in [0, 0.1) is 21.4 Å². The third kappa shape index (κ3) is 6.09. The highest BCUT2D eigenvalue weighted by Gasteiger charge is 2.14. The summed E-state index contributed by atoms with van der Waals surface area (Å²) in [5, 5.41) is 25.4. The second-order valence-electron chi connectivity index (χ2n) is 5.38. The van der Waals surface area contributed by atoms with E-state index in [1.165, 1.54) is 18.3 Å². The Morgan fingerprint density at radius 3 is 2.63 bits per heavy atom. The van der Waals surface area contributed by atoms with Crippen LogP contribution in [0.2, 0.25) is 5.02 Å². The molecule has 9 heteroatoms. The maximum Gasteiger partial charge on any atom is 0.271 e. The lowest BCUT2D eigenvalue weighted by atomic mass is 10.1. The van der Waals surface area contributed by atoms with Crippen molar-refractivity contribution in [2.75, 3.05) is 11.9 Å². The lowest BCUT2D eigenvalue weighted by molar-refractivity contribution is -0.384. The van der Waals surface area contributed by atoms with Crippen molar-refractivity contribution in [2.45, 2.75) is 6.42 Å². The van der Waals surface area contributed by atoms with Crippen molar-refractivity contribution in [1.82, 2.24) is 5.32 Å². The molecule has 0 aromatic heterocycles. The third-order valence-corrected chi connectivity index (χ3v) is 4.35. The highest BCUT2D eigenvalue weighted by molar-refractivity contribution is 9.10. The number of carbonyl (C=O) groups excluding carboxylic acids is 1. The lowest BCUT2D eigenvalue weighted by Crippen LogP contribution is -2.18. The first-order chi connectivity index (χ1) is 12.9. The molecule has 2 aromatic carbocycles. The van der Waals surface area contributed by atoms with Gasteiger partial charge < -0.3 is 10.6 Å². The molecule has 0 saturated heterocycles. The number of nitriles is 1. The maximum absolute atomic E-state index is 12.2. The minimum Gasteiger partial charge on any atom is -0.389 e. The molecule has 0 aliphatic carbocycles. The van der Waals surface area contributed by atoms with Crippen LogP contribution < -0.4 is 10.6 Å². The number of benzene rings is 2. The molecule has 0 aliphatic rings. The number of amides is 1. The molecule has 0 fully saturated rings. The van der Waals surface area contributed by atoms with Crippen molar-refractivity contribution in [3.63, 3.8) is 0 Å². The number of nitro groups is 1. The smallest absolute Gasteiger partial charge is 0.271 e. The molecule has 0 spiro atoms. The van der Waals surface area contributed by atoms with Crippen LogP contribution in [0.25, 0.3) is 0 Å². The van der Waals surface area contributed by atoms with Crippen LogP contribution in [0.5, 0.6) is 0 Å². The van der Waals surface area contributed by atoms with E-state index >= 15 is 0 Å². The summed E-state index contributed by atoms with van der Waals surface area (Å²) < 4.78 is 0.988. The van der Waals surface area contributed by atoms with Crippen LogP contribution in [0.4, 0.5) is 11.4 Å². The molecule has 2 rings (SSSR count). The summed E-state index contributed by atoms with van der Waals surface area (Å²) in [7, 11) is 0. The van der Waals surface area contributed by atoms with Gasteiger partial charge >= 0.3 is 0 Å². The number of nitrogens with one attached hydrogen (secondary N) is 2. The van der Waals surface area contributed by atoms with Crippen LogP contribution in [0.15, 0.2) is 58.7 Å². The summed E-state index contributed by atoms with van der Waals surface area (Å²) in [5.41, 5.74) is 0.774. The Hall–Kier alpha value is -2.89. The van der Waals surface area contributed by atoms with Gasteiger partial charge in [0.25, 0.3) is 11.6 Å². The normalized spacial score (nSPS) is 10.8. The van der Waals surface area contributed by atoms with E-state index in [9.17, 15) is 14.9 Å². The fourth-order valence-electron chi connectivity index (χ4n) is 2.10. The van der Waals surface area contributed by atoms with Crippen LogP contribution in [0.1, 0.15) is 5.56 Å². The third-order valence-electron chi connectivity index (χ3n) is 3.49. The summed E-state index contributed by atoms with van der Waals surface area (Å²) in [6.07, 6.45) is 2.01. The van der Waals surface area contributed by atoms with Gasteiger partial charge in [-0.15, -0.1) is 0 Å². The van der Waals surface area contributed by atoms with Crippen LogP contribution >= 0.6 is 27.5 Å². The summed E-state index contributed by atoms with van der Waals surface area (Å²) in [6, 6.07) is 13.3. The van der Waals surface area contributed by atoms with E-state index in [2.05, 4.69) is 26.6 Å². The number of nitro benzene ring substituents is 1. The fourth-order valence-corrected chi connectivity index (χ4v) is 2.53. The molecule has 0 bridgehead atoms. The monoisotopic (exact) mass is 448 g/mol. The van der Waals surface area contributed by atoms with E-state index in [0.717, 1.165) is 16.1 Å². The number of rotatable bonds is 7. The standard InChI is InChI=1S/C18H14BrClN4O3/c19-14-3-1-12(2-4-14)7-8-22-11-13(10-21)18(25)23-17-9-15(24(26)27)5-6-16(17)20/h1-6,9,11,22H,7-8H2,(H,23,25)/b13-11-. The zero-order valence-electron chi connectivity index (χ0n) is 13.9. The van der Waals surface area contributed by atoms with Crippen molar-refractivity contribution >= 4 is 44.8 Å². The van der Waals surface area contributed by atoms with Gasteiger partial charge in [0.15, 0.2) is 0 Å². The highest BCUT2D eigenvalue weighted by Crippen LogP contribution is 2.27. The Morgan fingerprint density at radius 1 is 1.30 bits per heavy atom. The molecule has 0 saturated carbocycles. The molecule has 7 nitrogen and oxygen atoms in total. The van der Waals surface area contributed by atoms with Crippen LogP contribution in [-0.2, 0) is 11.2 Å². The topological polar surface area (TPSA) is 108 Å². The maximum atomic E-state index is 12.2. The molecule has 0 heterocycles. The molecule has 2 N–H and O–H groups in total. The Kier molecular flexibility index (Phi) is 7.34. The van der Waals surface area contributed by atoms with Crippen molar-refractivity contribution in [3.05, 3.63) is 79.4 Å². The summed E-state index contributed by atoms with van der Waals surface area (Å²) in [4.78, 5) is 22.4. The van der Waals surface area contributed by atoms with E-state index in [1.807, 2.05) is 24.3 Å². The molecule has 0 radical (unpaired) electrons. The molecular formula is C18H14BrClN4O3. The van der Waals surface area contributed by atoms with Gasteiger partial charge in [0, 0.05) is 29.4 Å². The second kappa shape index (κ2) is 9.71. The van der Waals surface area contributed by atoms with Gasteiger partial charge in [-0.05, 0) is 30.2 Å². The minimum absolute atomic E-state index is 0.0619. The predicted molar refractivity (Wildman–Crippen MR) is 106 cm³/mol. The molecular weight excluding hydrogens is 436 g/mol. The molecule has 2 aromatic rings. The van der Waals surface area contributed by atoms with Gasteiger partial charge in [-0.2, -0.15) is 5.26 Å². The summed E-state index contributed by atoms with van der Waals surface area (Å²) in [6.45, 7) is 0.525. The summed E-state index contributed by atoms with van der Waals surface area (Å²) >= 11 is 9.30. The first-order valence-electron chi connectivity index (χ1n) is 7.74. The zero-order valence-corrected chi connectivity index (χ0v) is 16.3. The predicted octanol–water partition coefficient (Wildman–Crippen LogP) is 4.19. The SMILES string of the molecule is N#C/C(=C/NCCc1ccc(Br)cc1)C(=O)Nc1cc([N+](=O)[O-])ccc1Cl. The Balaban J connectivity index is 1.98. The van der Waals surface area contributed by atoms with E-state index in [0.29, 0.717) is 13.0 Å². The lowest BCUT2D eigenvalue weighted by Gasteiger charge is -2.07. The second-order valence-corrected chi connectivity index (χ2v) is 6.70. The number of non-ortho nitro benzene ring substituents is 1. The summed E-state index contributed by atoms with van der Waals surface area (Å²) in [5.74, 6) is -0.712. The Morgan fingerprint density at radius 2 is 2.00 bits per heavy atom. The minimum atomic E-state index is -0.712. The number of anilines is 1. The number of hydrogen-bond donors (Lipinski definition) is 2. The molecule has 0 aliphatic heterocycles. The number of halogens is 2. The number of carbonyl (C=O) groups is 1. The average molecular weight is 450 g/mol. The molecule has 27 heavy (non-hydrogen) atoms. The fraction of sp³-hybridized carbons (Fsp3) is 0.111. The van der Waals surface area contributed by atoms with Gasteiger partial charge in [0.1, 0.15) is 11.6 Å².